The number of nitrogens with zero attached hydrogens (tertiary/aromatic N) is 1. The number of aromatic nitrogens is 1. The normalized spacial score (nSPS) is 15.1. The highest BCUT2D eigenvalue weighted by Gasteiger charge is 2.36. The Bertz CT molecular complexity index is 1720. The monoisotopic (exact) mass is 712 g/mol. The Morgan fingerprint density at radius 3 is 2.14 bits per heavy atom. The lowest BCUT2D eigenvalue weighted by atomic mass is 9.86. The average Bonchev–Trinajstić information content (AvgIpc) is 3.82. The molecule has 0 radical (unpaired) electrons. The molecule has 270 valence electrons. The van der Waals surface area contributed by atoms with E-state index in [1.54, 1.807) is 13.0 Å². The fourth-order valence-electron chi connectivity index (χ4n) is 7.09. The number of ketones is 2. The second kappa shape index (κ2) is 18.8. The summed E-state index contributed by atoms with van der Waals surface area (Å²) in [6, 6.07) is 22.8. The fourth-order valence-corrected chi connectivity index (χ4v) is 8.11. The summed E-state index contributed by atoms with van der Waals surface area (Å²) in [4.78, 5) is 59.7. The van der Waals surface area contributed by atoms with Crippen LogP contribution in [-0.2, 0) is 25.6 Å². The molecule has 3 aromatic carbocycles. The Morgan fingerprint density at radius 1 is 0.863 bits per heavy atom. The number of nitrogens with one attached hydrogen (secondary N) is 2. The van der Waals surface area contributed by atoms with Gasteiger partial charge in [0.05, 0.1) is 33.2 Å². The van der Waals surface area contributed by atoms with Gasteiger partial charge in [-0.1, -0.05) is 86.8 Å². The molecule has 4 aromatic rings. The van der Waals surface area contributed by atoms with Gasteiger partial charge in [-0.15, -0.1) is 11.3 Å². The summed E-state index contributed by atoms with van der Waals surface area (Å²) in [6.07, 6.45) is 5.91. The van der Waals surface area contributed by atoms with Crippen molar-refractivity contribution < 1.29 is 23.6 Å². The summed E-state index contributed by atoms with van der Waals surface area (Å²) in [5.74, 6) is -2.61. The topological polar surface area (TPSA) is 131 Å². The first-order valence-electron chi connectivity index (χ1n) is 18.3. The summed E-state index contributed by atoms with van der Waals surface area (Å²) in [5.41, 5.74) is 8.19. The highest BCUT2D eigenvalue weighted by Crippen LogP contribution is 2.32. The molecule has 2 amide bonds. The lowest BCUT2D eigenvalue weighted by molar-refractivity contribution is -0.135. The van der Waals surface area contributed by atoms with Crippen molar-refractivity contribution in [3.8, 4) is 0 Å². The molecule has 0 spiro atoms. The summed E-state index contributed by atoms with van der Waals surface area (Å²) in [7, 11) is 0. The Balaban J connectivity index is 1.36. The number of amides is 2. The highest BCUT2D eigenvalue weighted by atomic mass is 32.1. The number of halogens is 1. The SMILES string of the molecule is CCC(=O)C[C@@H](Cc1nc2cc(F)ccc2s1)C(=O)N[C@H](C(=O)C[C@@H](CCCCN)C(=O)NC(c1ccccc1)c1ccccc1)C1CCCC1. The predicted octanol–water partition coefficient (Wildman–Crippen LogP) is 7.25. The van der Waals surface area contributed by atoms with E-state index in [0.29, 0.717) is 29.9 Å². The van der Waals surface area contributed by atoms with Gasteiger partial charge in [0.25, 0.3) is 0 Å². The molecule has 10 heteroatoms. The first-order valence-corrected chi connectivity index (χ1v) is 19.1. The van der Waals surface area contributed by atoms with Crippen LogP contribution in [0.5, 0.6) is 0 Å². The number of thiazole rings is 1. The molecule has 1 aliphatic rings. The molecule has 4 N–H and O–H groups in total. The number of fused-ring (bicyclic) bond motifs is 1. The Hall–Kier alpha value is -4.28. The molecule has 0 unspecified atom stereocenters. The van der Waals surface area contributed by atoms with Gasteiger partial charge in [-0.3, -0.25) is 19.2 Å². The van der Waals surface area contributed by atoms with Crippen LogP contribution in [-0.4, -0.2) is 41.0 Å². The third-order valence-electron chi connectivity index (χ3n) is 9.95. The van der Waals surface area contributed by atoms with E-state index in [4.69, 9.17) is 5.73 Å². The van der Waals surface area contributed by atoms with Crippen molar-refractivity contribution in [2.24, 2.45) is 23.5 Å². The smallest absolute Gasteiger partial charge is 0.224 e. The van der Waals surface area contributed by atoms with Gasteiger partial charge in [0.1, 0.15) is 11.6 Å². The van der Waals surface area contributed by atoms with E-state index < -0.39 is 29.7 Å². The zero-order valence-corrected chi connectivity index (χ0v) is 30.1. The molecule has 0 bridgehead atoms. The number of nitrogens with two attached hydrogens (primary N) is 1. The van der Waals surface area contributed by atoms with Gasteiger partial charge in [-0.05, 0) is 61.4 Å². The lowest BCUT2D eigenvalue weighted by Crippen LogP contribution is -2.49. The van der Waals surface area contributed by atoms with Crippen LogP contribution in [0.25, 0.3) is 10.2 Å². The standard InChI is InChI=1S/C41H49FN4O4S/c1-2-33(47)23-31(25-37-44-34-26-32(42)20-21-36(34)51-37)41(50)46-39(29-17-9-10-18-29)35(48)24-30(19-11-12-22-43)40(49)45-38(27-13-5-3-6-14-27)28-15-7-4-8-16-28/h3-8,13-16,20-21,26,29-31,38-39H,2,9-12,17-19,22-25,43H2,1H3,(H,45,49)(H,46,50)/t30-,31+,39+/m1/s1. The number of hydrogen-bond donors (Lipinski definition) is 3. The second-order valence-electron chi connectivity index (χ2n) is 13.7. The first-order chi connectivity index (χ1) is 24.7. The number of Topliss-reactive ketones (excluding diaryl/α,β-unsaturated/α-hetero) is 2. The van der Waals surface area contributed by atoms with Crippen molar-refractivity contribution in [3.63, 3.8) is 0 Å². The van der Waals surface area contributed by atoms with E-state index in [9.17, 15) is 23.6 Å². The fraction of sp³-hybridized carbons (Fsp3) is 0.439. The summed E-state index contributed by atoms with van der Waals surface area (Å²) in [6.45, 7) is 2.25. The van der Waals surface area contributed by atoms with Gasteiger partial charge in [-0.25, -0.2) is 9.37 Å². The minimum Gasteiger partial charge on any atom is -0.346 e. The maximum absolute atomic E-state index is 14.3. The quantitative estimate of drug-likeness (QED) is 0.0879. The van der Waals surface area contributed by atoms with E-state index in [1.165, 1.54) is 23.5 Å². The van der Waals surface area contributed by atoms with Crippen molar-refractivity contribution in [2.45, 2.75) is 89.6 Å². The van der Waals surface area contributed by atoms with Crippen molar-refractivity contribution >= 4 is 44.9 Å². The van der Waals surface area contributed by atoms with Gasteiger partial charge in [0.15, 0.2) is 5.78 Å². The number of rotatable bonds is 19. The molecule has 1 saturated carbocycles. The van der Waals surface area contributed by atoms with Crippen LogP contribution >= 0.6 is 11.3 Å². The number of carbonyl (C=O) groups excluding carboxylic acids is 4. The molecule has 8 nitrogen and oxygen atoms in total. The van der Waals surface area contributed by atoms with Gasteiger partial charge < -0.3 is 16.4 Å². The van der Waals surface area contributed by atoms with Crippen LogP contribution in [0.1, 0.15) is 93.3 Å². The number of benzene rings is 3. The molecule has 1 aliphatic carbocycles. The first kappa shape index (κ1) is 38.0. The van der Waals surface area contributed by atoms with Crippen molar-refractivity contribution in [2.75, 3.05) is 6.54 Å². The molecule has 1 fully saturated rings. The van der Waals surface area contributed by atoms with Crippen LogP contribution in [0, 0.1) is 23.6 Å². The summed E-state index contributed by atoms with van der Waals surface area (Å²) in [5, 5.41) is 6.95. The van der Waals surface area contributed by atoms with E-state index in [2.05, 4.69) is 15.6 Å². The Kier molecular flexibility index (Phi) is 14.0. The van der Waals surface area contributed by atoms with E-state index >= 15 is 0 Å². The maximum atomic E-state index is 14.3. The van der Waals surface area contributed by atoms with Crippen molar-refractivity contribution in [1.29, 1.82) is 0 Å². The van der Waals surface area contributed by atoms with Crippen molar-refractivity contribution in [1.82, 2.24) is 15.6 Å². The molecule has 1 heterocycles. The average molecular weight is 713 g/mol. The van der Waals surface area contributed by atoms with Crippen molar-refractivity contribution in [3.05, 3.63) is 101 Å². The molecular formula is C41H49FN4O4S. The molecule has 3 atom stereocenters. The predicted molar refractivity (Wildman–Crippen MR) is 199 cm³/mol. The molecular weight excluding hydrogens is 664 g/mol. The van der Waals surface area contributed by atoms with Gasteiger partial charge in [0, 0.05) is 37.7 Å². The zero-order valence-electron chi connectivity index (χ0n) is 29.3. The minimum atomic E-state index is -0.771. The largest absolute Gasteiger partial charge is 0.346 e. The number of hydrogen-bond acceptors (Lipinski definition) is 7. The van der Waals surface area contributed by atoms with Gasteiger partial charge in [-0.2, -0.15) is 0 Å². The zero-order chi connectivity index (χ0) is 36.2. The number of carbonyl (C=O) groups is 4. The second-order valence-corrected chi connectivity index (χ2v) is 14.8. The van der Waals surface area contributed by atoms with E-state index in [0.717, 1.165) is 47.9 Å². The third-order valence-corrected chi connectivity index (χ3v) is 11.0. The molecule has 0 aliphatic heterocycles. The van der Waals surface area contributed by atoms with Gasteiger partial charge in [0.2, 0.25) is 11.8 Å². The van der Waals surface area contributed by atoms with E-state index in [1.807, 2.05) is 60.7 Å². The minimum absolute atomic E-state index is 0.0165. The number of unbranched alkanes of at least 4 members (excludes halogenated alkanes) is 1. The van der Waals surface area contributed by atoms with Crippen LogP contribution in [0.15, 0.2) is 78.9 Å². The lowest BCUT2D eigenvalue weighted by Gasteiger charge is -2.28. The van der Waals surface area contributed by atoms with Crippen LogP contribution in [0.2, 0.25) is 0 Å². The molecule has 5 rings (SSSR count). The van der Waals surface area contributed by atoms with Crippen LogP contribution in [0.4, 0.5) is 4.39 Å². The third kappa shape index (κ3) is 10.6. The summed E-state index contributed by atoms with van der Waals surface area (Å²) >= 11 is 1.37. The highest BCUT2D eigenvalue weighted by molar-refractivity contribution is 7.18. The molecule has 1 aromatic heterocycles. The van der Waals surface area contributed by atoms with Gasteiger partial charge >= 0.3 is 0 Å². The molecule has 0 saturated heterocycles. The Labute approximate surface area is 303 Å². The van der Waals surface area contributed by atoms with E-state index in [-0.39, 0.29) is 55.0 Å². The summed E-state index contributed by atoms with van der Waals surface area (Å²) < 4.78 is 14.7. The van der Waals surface area contributed by atoms with Crippen LogP contribution < -0.4 is 16.4 Å². The van der Waals surface area contributed by atoms with Crippen LogP contribution in [0.3, 0.4) is 0 Å². The molecule has 51 heavy (non-hydrogen) atoms. The Morgan fingerprint density at radius 2 is 1.51 bits per heavy atom. The maximum Gasteiger partial charge on any atom is 0.224 e.